The van der Waals surface area contributed by atoms with Gasteiger partial charge in [0.25, 0.3) is 5.91 Å². The Bertz CT molecular complexity index is 473. The van der Waals surface area contributed by atoms with Gasteiger partial charge in [0.05, 0.1) is 0 Å². The lowest BCUT2D eigenvalue weighted by molar-refractivity contribution is -0.145. The van der Waals surface area contributed by atoms with E-state index in [0.717, 1.165) is 31.4 Å². The Labute approximate surface area is 111 Å². The fraction of sp³-hybridized carbons (Fsp3) is 0.615. The quantitative estimate of drug-likeness (QED) is 0.724. The van der Waals surface area contributed by atoms with Gasteiger partial charge in [-0.3, -0.25) is 9.89 Å². The van der Waals surface area contributed by atoms with E-state index in [2.05, 4.69) is 15.5 Å². The van der Waals surface area contributed by atoms with E-state index in [-0.39, 0.29) is 5.69 Å². The van der Waals surface area contributed by atoms with Crippen molar-refractivity contribution in [3.63, 3.8) is 0 Å². The van der Waals surface area contributed by atoms with Gasteiger partial charge in [0.2, 0.25) is 0 Å². The van der Waals surface area contributed by atoms with E-state index in [1.54, 1.807) is 13.0 Å². The van der Waals surface area contributed by atoms with Crippen LogP contribution in [0.1, 0.15) is 54.7 Å². The van der Waals surface area contributed by atoms with Gasteiger partial charge in [0.1, 0.15) is 11.2 Å². The summed E-state index contributed by atoms with van der Waals surface area (Å²) >= 11 is 0. The number of aryl methyl sites for hydroxylation is 1. The second kappa shape index (κ2) is 5.42. The second-order valence-electron chi connectivity index (χ2n) is 5.19. The fourth-order valence-corrected chi connectivity index (χ4v) is 2.54. The van der Waals surface area contributed by atoms with Gasteiger partial charge in [-0.1, -0.05) is 25.7 Å². The first kappa shape index (κ1) is 13.6. The lowest BCUT2D eigenvalue weighted by atomic mass is 9.90. The van der Waals surface area contributed by atoms with Crippen molar-refractivity contribution < 1.29 is 14.7 Å². The van der Waals surface area contributed by atoms with Crippen LogP contribution >= 0.6 is 0 Å². The molecular formula is C13H19N3O3. The molecule has 0 spiro atoms. The van der Waals surface area contributed by atoms with Crippen molar-refractivity contribution >= 4 is 11.9 Å². The molecule has 1 aliphatic rings. The minimum absolute atomic E-state index is 0.238. The van der Waals surface area contributed by atoms with Crippen LogP contribution in [0.25, 0.3) is 0 Å². The SMILES string of the molecule is Cc1cc(C(=O)NC2(C(=O)O)CCCCCC2)n[nH]1. The van der Waals surface area contributed by atoms with Crippen LogP contribution in [0.5, 0.6) is 0 Å². The highest BCUT2D eigenvalue weighted by molar-refractivity contribution is 5.96. The highest BCUT2D eigenvalue weighted by atomic mass is 16.4. The van der Waals surface area contributed by atoms with Gasteiger partial charge in [-0.2, -0.15) is 5.10 Å². The summed E-state index contributed by atoms with van der Waals surface area (Å²) in [7, 11) is 0. The summed E-state index contributed by atoms with van der Waals surface area (Å²) in [6.07, 6.45) is 4.66. The highest BCUT2D eigenvalue weighted by Gasteiger charge is 2.40. The molecule has 1 aromatic heterocycles. The molecule has 19 heavy (non-hydrogen) atoms. The van der Waals surface area contributed by atoms with Crippen molar-refractivity contribution in [1.29, 1.82) is 0 Å². The molecule has 104 valence electrons. The van der Waals surface area contributed by atoms with E-state index in [1.165, 1.54) is 0 Å². The molecule has 1 fully saturated rings. The molecule has 0 saturated heterocycles. The largest absolute Gasteiger partial charge is 0.480 e. The van der Waals surface area contributed by atoms with Gasteiger partial charge in [-0.15, -0.1) is 0 Å². The molecule has 0 unspecified atom stereocenters. The molecule has 1 heterocycles. The van der Waals surface area contributed by atoms with Crippen molar-refractivity contribution in [3.05, 3.63) is 17.5 Å². The summed E-state index contributed by atoms with van der Waals surface area (Å²) < 4.78 is 0. The third-order valence-electron chi connectivity index (χ3n) is 3.66. The molecule has 2 rings (SSSR count). The standard InChI is InChI=1S/C13H19N3O3/c1-9-8-10(16-15-9)11(17)14-13(12(18)19)6-4-2-3-5-7-13/h8H,2-7H2,1H3,(H,14,17)(H,15,16)(H,18,19). The number of aliphatic carboxylic acids is 1. The maximum absolute atomic E-state index is 12.1. The highest BCUT2D eigenvalue weighted by Crippen LogP contribution is 2.27. The topological polar surface area (TPSA) is 95.1 Å². The predicted octanol–water partition coefficient (Wildman–Crippen LogP) is 1.63. The number of hydrogen-bond donors (Lipinski definition) is 3. The molecule has 3 N–H and O–H groups in total. The Morgan fingerprint density at radius 3 is 2.42 bits per heavy atom. The van der Waals surface area contributed by atoms with Gasteiger partial charge in [-0.25, -0.2) is 4.79 Å². The summed E-state index contributed by atoms with van der Waals surface area (Å²) in [6.45, 7) is 1.79. The number of carbonyl (C=O) groups is 2. The lowest BCUT2D eigenvalue weighted by Crippen LogP contribution is -2.54. The Morgan fingerprint density at radius 1 is 1.32 bits per heavy atom. The van der Waals surface area contributed by atoms with Gasteiger partial charge < -0.3 is 10.4 Å². The maximum atomic E-state index is 12.1. The van der Waals surface area contributed by atoms with E-state index >= 15 is 0 Å². The number of nitrogens with one attached hydrogen (secondary N) is 2. The summed E-state index contributed by atoms with van der Waals surface area (Å²) in [4.78, 5) is 23.6. The predicted molar refractivity (Wildman–Crippen MR) is 68.9 cm³/mol. The first-order valence-electron chi connectivity index (χ1n) is 6.61. The number of carboxylic acids is 1. The third-order valence-corrected chi connectivity index (χ3v) is 3.66. The van der Waals surface area contributed by atoms with Crippen LogP contribution in [0.4, 0.5) is 0 Å². The molecule has 1 aliphatic carbocycles. The van der Waals surface area contributed by atoms with E-state index in [0.29, 0.717) is 12.8 Å². The molecule has 0 atom stereocenters. The van der Waals surface area contributed by atoms with Crippen molar-refractivity contribution in [2.24, 2.45) is 0 Å². The lowest BCUT2D eigenvalue weighted by Gasteiger charge is -2.28. The van der Waals surface area contributed by atoms with Gasteiger partial charge in [-0.05, 0) is 25.8 Å². The van der Waals surface area contributed by atoms with E-state index in [1.807, 2.05) is 0 Å². The van der Waals surface area contributed by atoms with Gasteiger partial charge in [0.15, 0.2) is 0 Å². The molecule has 1 aromatic rings. The van der Waals surface area contributed by atoms with Crippen LogP contribution in [0.3, 0.4) is 0 Å². The van der Waals surface area contributed by atoms with Crippen LogP contribution in [0, 0.1) is 6.92 Å². The van der Waals surface area contributed by atoms with Crippen LogP contribution < -0.4 is 5.32 Å². The molecule has 6 heteroatoms. The zero-order valence-corrected chi connectivity index (χ0v) is 11.0. The normalized spacial score (nSPS) is 18.6. The van der Waals surface area contributed by atoms with E-state index in [9.17, 15) is 14.7 Å². The molecule has 1 amide bonds. The smallest absolute Gasteiger partial charge is 0.329 e. The minimum Gasteiger partial charge on any atom is -0.480 e. The van der Waals surface area contributed by atoms with E-state index < -0.39 is 17.4 Å². The maximum Gasteiger partial charge on any atom is 0.329 e. The molecule has 6 nitrogen and oxygen atoms in total. The van der Waals surface area contributed by atoms with Crippen LogP contribution in [0.15, 0.2) is 6.07 Å². The van der Waals surface area contributed by atoms with Gasteiger partial charge in [0, 0.05) is 5.69 Å². The minimum atomic E-state index is -1.14. The number of nitrogens with zero attached hydrogens (tertiary/aromatic N) is 1. The Hall–Kier alpha value is -1.85. The molecular weight excluding hydrogens is 246 g/mol. The number of carboxylic acid groups (broad SMARTS) is 1. The molecule has 0 aromatic carbocycles. The zero-order chi connectivity index (χ0) is 13.9. The number of aromatic nitrogens is 2. The Balaban J connectivity index is 2.16. The summed E-state index contributed by atoms with van der Waals surface area (Å²) in [5, 5.41) is 18.7. The molecule has 1 saturated carbocycles. The van der Waals surface area contributed by atoms with Crippen molar-refractivity contribution in [3.8, 4) is 0 Å². The third kappa shape index (κ3) is 2.94. The molecule has 0 aliphatic heterocycles. The first-order valence-corrected chi connectivity index (χ1v) is 6.61. The summed E-state index contributed by atoms with van der Waals surface area (Å²) in [5.41, 5.74) is -0.127. The average molecular weight is 265 g/mol. The number of aromatic amines is 1. The van der Waals surface area contributed by atoms with Crippen molar-refractivity contribution in [2.45, 2.75) is 51.0 Å². The Kier molecular flexibility index (Phi) is 3.87. The van der Waals surface area contributed by atoms with Crippen molar-refractivity contribution in [2.75, 3.05) is 0 Å². The van der Waals surface area contributed by atoms with Gasteiger partial charge >= 0.3 is 5.97 Å². The van der Waals surface area contributed by atoms with Crippen LogP contribution in [0.2, 0.25) is 0 Å². The fourth-order valence-electron chi connectivity index (χ4n) is 2.54. The molecule has 0 bridgehead atoms. The first-order chi connectivity index (χ1) is 9.03. The monoisotopic (exact) mass is 265 g/mol. The van der Waals surface area contributed by atoms with E-state index in [4.69, 9.17) is 0 Å². The second-order valence-corrected chi connectivity index (χ2v) is 5.19. The Morgan fingerprint density at radius 2 is 1.95 bits per heavy atom. The van der Waals surface area contributed by atoms with Crippen molar-refractivity contribution in [1.82, 2.24) is 15.5 Å². The van der Waals surface area contributed by atoms with Crippen LogP contribution in [-0.2, 0) is 4.79 Å². The summed E-state index contributed by atoms with van der Waals surface area (Å²) in [6, 6.07) is 1.61. The summed E-state index contributed by atoms with van der Waals surface area (Å²) in [5.74, 6) is -1.37. The average Bonchev–Trinajstić information content (AvgIpc) is 2.65. The van der Waals surface area contributed by atoms with Crippen LogP contribution in [-0.4, -0.2) is 32.7 Å². The number of carbonyl (C=O) groups excluding carboxylic acids is 1. The number of amides is 1. The molecule has 0 radical (unpaired) electrons. The zero-order valence-electron chi connectivity index (χ0n) is 11.0. The number of hydrogen-bond acceptors (Lipinski definition) is 3. The number of H-pyrrole nitrogens is 1. The number of rotatable bonds is 3.